The molecule has 0 bridgehead atoms. The van der Waals surface area contributed by atoms with Gasteiger partial charge in [-0.2, -0.15) is 10.4 Å². The number of fused-ring (bicyclic) bond motifs is 1. The van der Waals surface area contributed by atoms with Gasteiger partial charge in [0.2, 0.25) is 0 Å². The van der Waals surface area contributed by atoms with Gasteiger partial charge in [-0.3, -0.25) is 5.10 Å². The monoisotopic (exact) mass is 284 g/mol. The minimum Gasteiger partial charge on any atom is -0.311 e. The molecule has 21 heavy (non-hydrogen) atoms. The zero-order valence-corrected chi connectivity index (χ0v) is 13.5. The van der Waals surface area contributed by atoms with E-state index in [1.807, 2.05) is 18.3 Å². The second-order valence-electron chi connectivity index (χ2n) is 7.13. The second-order valence-corrected chi connectivity index (χ2v) is 7.13. The maximum Gasteiger partial charge on any atom is 0.0992 e. The van der Waals surface area contributed by atoms with Crippen molar-refractivity contribution in [1.29, 1.82) is 5.26 Å². The quantitative estimate of drug-likeness (QED) is 0.904. The molecule has 0 saturated carbocycles. The van der Waals surface area contributed by atoms with Crippen LogP contribution in [0.2, 0.25) is 0 Å². The highest BCUT2D eigenvalue weighted by Crippen LogP contribution is 2.29. The van der Waals surface area contributed by atoms with Gasteiger partial charge < -0.3 is 5.32 Å². The van der Waals surface area contributed by atoms with Crippen molar-refractivity contribution in [2.45, 2.75) is 46.6 Å². The topological polar surface area (TPSA) is 64.5 Å². The summed E-state index contributed by atoms with van der Waals surface area (Å²) < 4.78 is 0. The first kappa shape index (κ1) is 15.5. The van der Waals surface area contributed by atoms with Crippen LogP contribution in [-0.2, 0) is 6.42 Å². The van der Waals surface area contributed by atoms with Gasteiger partial charge >= 0.3 is 0 Å². The Morgan fingerprint density at radius 1 is 1.24 bits per heavy atom. The molecule has 1 aromatic heterocycles. The van der Waals surface area contributed by atoms with Gasteiger partial charge in [0.15, 0.2) is 0 Å². The van der Waals surface area contributed by atoms with E-state index >= 15 is 0 Å². The lowest BCUT2D eigenvalue weighted by molar-refractivity contribution is 0.178. The van der Waals surface area contributed by atoms with Gasteiger partial charge in [0.1, 0.15) is 0 Å². The molecule has 2 N–H and O–H groups in total. The average molecular weight is 284 g/mol. The number of rotatable bonds is 4. The number of nitriles is 1. The Morgan fingerprint density at radius 3 is 2.57 bits per heavy atom. The lowest BCUT2D eigenvalue weighted by Gasteiger charge is -2.40. The van der Waals surface area contributed by atoms with E-state index < -0.39 is 0 Å². The molecule has 0 radical (unpaired) electrons. The van der Waals surface area contributed by atoms with Gasteiger partial charge in [0.05, 0.1) is 23.3 Å². The number of benzene rings is 1. The van der Waals surface area contributed by atoms with Crippen LogP contribution in [0.5, 0.6) is 0 Å². The van der Waals surface area contributed by atoms with E-state index in [2.05, 4.69) is 56.2 Å². The molecular weight excluding hydrogens is 260 g/mol. The van der Waals surface area contributed by atoms with Gasteiger partial charge in [-0.15, -0.1) is 0 Å². The highest BCUT2D eigenvalue weighted by atomic mass is 15.1. The molecule has 2 rings (SSSR count). The summed E-state index contributed by atoms with van der Waals surface area (Å²) in [5.74, 6) is 0. The molecular formula is C17H24N4. The van der Waals surface area contributed by atoms with Crippen LogP contribution in [0.25, 0.3) is 10.9 Å². The van der Waals surface area contributed by atoms with Gasteiger partial charge in [0, 0.05) is 10.9 Å². The highest BCUT2D eigenvalue weighted by Gasteiger charge is 2.31. The van der Waals surface area contributed by atoms with Crippen molar-refractivity contribution in [3.8, 4) is 6.07 Å². The largest absolute Gasteiger partial charge is 0.311 e. The van der Waals surface area contributed by atoms with E-state index in [4.69, 9.17) is 5.26 Å². The molecule has 0 atom stereocenters. The fourth-order valence-corrected chi connectivity index (χ4v) is 2.17. The van der Waals surface area contributed by atoms with E-state index in [-0.39, 0.29) is 11.0 Å². The molecule has 0 spiro atoms. The number of aromatic amines is 1. The fraction of sp³-hybridized carbons (Fsp3) is 0.529. The van der Waals surface area contributed by atoms with E-state index in [9.17, 15) is 0 Å². The Hall–Kier alpha value is -1.86. The van der Waals surface area contributed by atoms with Crippen molar-refractivity contribution in [2.24, 2.45) is 5.41 Å². The first-order valence-corrected chi connectivity index (χ1v) is 7.36. The standard InChI is InChI=1S/C17H24N4/c1-16(2,3)17(4,5)19-7-6-13-8-12(10-18)9-15-14(13)11-20-21-15/h8-9,11,19H,6-7H2,1-5H3,(H,20,21). The van der Waals surface area contributed by atoms with Crippen molar-refractivity contribution in [2.75, 3.05) is 6.54 Å². The number of hydrogen-bond acceptors (Lipinski definition) is 3. The van der Waals surface area contributed by atoms with Crippen LogP contribution in [0, 0.1) is 16.7 Å². The third-order valence-corrected chi connectivity index (χ3v) is 4.61. The lowest BCUT2D eigenvalue weighted by atomic mass is 9.76. The summed E-state index contributed by atoms with van der Waals surface area (Å²) in [5.41, 5.74) is 3.01. The van der Waals surface area contributed by atoms with Crippen LogP contribution >= 0.6 is 0 Å². The van der Waals surface area contributed by atoms with E-state index in [1.165, 1.54) is 0 Å². The Balaban J connectivity index is 2.14. The summed E-state index contributed by atoms with van der Waals surface area (Å²) in [6, 6.07) is 6.02. The normalized spacial score (nSPS) is 12.6. The molecule has 0 aliphatic rings. The van der Waals surface area contributed by atoms with E-state index in [0.29, 0.717) is 5.56 Å². The average Bonchev–Trinajstić information content (AvgIpc) is 2.85. The molecule has 1 aromatic carbocycles. The number of nitrogens with zero attached hydrogens (tertiary/aromatic N) is 2. The maximum atomic E-state index is 9.12. The van der Waals surface area contributed by atoms with Crippen LogP contribution < -0.4 is 5.32 Å². The van der Waals surface area contributed by atoms with Crippen molar-refractivity contribution < 1.29 is 0 Å². The van der Waals surface area contributed by atoms with E-state index in [0.717, 1.165) is 29.4 Å². The zero-order chi connectivity index (χ0) is 15.7. The van der Waals surface area contributed by atoms with E-state index in [1.54, 1.807) is 0 Å². The first-order chi connectivity index (χ1) is 9.74. The predicted molar refractivity (Wildman–Crippen MR) is 86.0 cm³/mol. The Kier molecular flexibility index (Phi) is 4.06. The molecule has 2 aromatic rings. The number of H-pyrrole nitrogens is 1. The van der Waals surface area contributed by atoms with Crippen LogP contribution in [0.1, 0.15) is 45.7 Å². The SMILES string of the molecule is CC(C)(C)C(C)(C)NCCc1cc(C#N)cc2[nH]ncc12. The van der Waals surface area contributed by atoms with Crippen LogP contribution in [0.3, 0.4) is 0 Å². The summed E-state index contributed by atoms with van der Waals surface area (Å²) in [6.45, 7) is 12.1. The molecule has 1 heterocycles. The number of nitrogens with one attached hydrogen (secondary N) is 2. The summed E-state index contributed by atoms with van der Waals surface area (Å²) >= 11 is 0. The lowest BCUT2D eigenvalue weighted by Crippen LogP contribution is -2.50. The highest BCUT2D eigenvalue weighted by molar-refractivity contribution is 5.83. The molecule has 0 aliphatic heterocycles. The van der Waals surface area contributed by atoms with Gasteiger partial charge in [-0.25, -0.2) is 0 Å². The summed E-state index contributed by atoms with van der Waals surface area (Å²) in [7, 11) is 0. The maximum absolute atomic E-state index is 9.12. The number of hydrogen-bond donors (Lipinski definition) is 2. The number of aromatic nitrogens is 2. The van der Waals surface area contributed by atoms with Gasteiger partial charge in [0.25, 0.3) is 0 Å². The third-order valence-electron chi connectivity index (χ3n) is 4.61. The third kappa shape index (κ3) is 3.25. The molecule has 0 saturated heterocycles. The fourth-order valence-electron chi connectivity index (χ4n) is 2.17. The summed E-state index contributed by atoms with van der Waals surface area (Å²) in [6.07, 6.45) is 2.71. The van der Waals surface area contributed by atoms with Gasteiger partial charge in [-0.1, -0.05) is 20.8 Å². The van der Waals surface area contributed by atoms with Crippen molar-refractivity contribution >= 4 is 10.9 Å². The Labute approximate surface area is 126 Å². The van der Waals surface area contributed by atoms with Gasteiger partial charge in [-0.05, 0) is 49.9 Å². The molecule has 4 heteroatoms. The molecule has 0 unspecified atom stereocenters. The molecule has 0 fully saturated rings. The van der Waals surface area contributed by atoms with Crippen LogP contribution in [0.15, 0.2) is 18.3 Å². The summed E-state index contributed by atoms with van der Waals surface area (Å²) in [5, 5.41) is 20.9. The Morgan fingerprint density at radius 2 is 1.95 bits per heavy atom. The van der Waals surface area contributed by atoms with Crippen molar-refractivity contribution in [3.63, 3.8) is 0 Å². The molecule has 0 amide bonds. The van der Waals surface area contributed by atoms with Crippen LogP contribution in [-0.4, -0.2) is 22.3 Å². The smallest absolute Gasteiger partial charge is 0.0992 e. The minimum absolute atomic E-state index is 0.0509. The second kappa shape index (κ2) is 5.50. The predicted octanol–water partition coefficient (Wildman–Crippen LogP) is 3.39. The van der Waals surface area contributed by atoms with Crippen molar-refractivity contribution in [3.05, 3.63) is 29.5 Å². The first-order valence-electron chi connectivity index (χ1n) is 7.36. The molecule has 4 nitrogen and oxygen atoms in total. The molecule has 112 valence electrons. The molecule has 0 aliphatic carbocycles. The van der Waals surface area contributed by atoms with Crippen molar-refractivity contribution in [1.82, 2.24) is 15.5 Å². The zero-order valence-electron chi connectivity index (χ0n) is 13.5. The summed E-state index contributed by atoms with van der Waals surface area (Å²) in [4.78, 5) is 0. The minimum atomic E-state index is 0.0509. The van der Waals surface area contributed by atoms with Crippen LogP contribution in [0.4, 0.5) is 0 Å². The Bertz CT molecular complexity index is 668.